The van der Waals surface area contributed by atoms with E-state index in [0.29, 0.717) is 6.61 Å². The molecule has 0 N–H and O–H groups in total. The maximum atomic E-state index is 12.2. The summed E-state index contributed by atoms with van der Waals surface area (Å²) in [5.41, 5.74) is 0.992. The molecule has 1 heterocycles. The summed E-state index contributed by atoms with van der Waals surface area (Å²) in [6.07, 6.45) is 0.692. The molecule has 0 amide bonds. The molecule has 176 valence electrons. The molecule has 3 rings (SSSR count). The predicted molar refractivity (Wildman–Crippen MR) is 120 cm³/mol. The highest BCUT2D eigenvalue weighted by atomic mass is 32.2. The number of aryl methyl sites for hydroxylation is 1. The summed E-state index contributed by atoms with van der Waals surface area (Å²) in [6.45, 7) is 14.0. The highest BCUT2D eigenvalue weighted by molar-refractivity contribution is 7.86. The van der Waals surface area contributed by atoms with Crippen molar-refractivity contribution < 1.29 is 31.2 Å². The Bertz CT molecular complexity index is 832. The van der Waals surface area contributed by atoms with Crippen molar-refractivity contribution in [1.29, 1.82) is 0 Å². The second-order valence-corrected chi connectivity index (χ2v) is 16.3. The minimum atomic E-state index is -3.77. The van der Waals surface area contributed by atoms with E-state index in [1.807, 2.05) is 6.92 Å². The van der Waals surface area contributed by atoms with Crippen LogP contribution in [0.1, 0.15) is 32.8 Å². The minimum absolute atomic E-state index is 0.000145. The number of rotatable bonds is 9. The molecule has 9 heteroatoms. The Morgan fingerprint density at radius 2 is 1.71 bits per heavy atom. The zero-order valence-electron chi connectivity index (χ0n) is 19.4. The first-order chi connectivity index (χ1) is 14.4. The fraction of sp³-hybridized carbons (Fsp3) is 0.727. The lowest BCUT2D eigenvalue weighted by Crippen LogP contribution is -2.46. The molecule has 1 aromatic carbocycles. The third-order valence-electron chi connectivity index (χ3n) is 6.57. The lowest BCUT2D eigenvalue weighted by molar-refractivity contribution is -0.0233. The molecular weight excluding hydrogens is 436 g/mol. The smallest absolute Gasteiger partial charge is 0.297 e. The van der Waals surface area contributed by atoms with Gasteiger partial charge in [0.15, 0.2) is 8.32 Å². The van der Waals surface area contributed by atoms with E-state index in [4.69, 9.17) is 22.8 Å². The van der Waals surface area contributed by atoms with Gasteiger partial charge in [0.05, 0.1) is 36.9 Å². The summed E-state index contributed by atoms with van der Waals surface area (Å²) >= 11 is 0. The van der Waals surface area contributed by atoms with Gasteiger partial charge in [0.25, 0.3) is 10.1 Å². The van der Waals surface area contributed by atoms with Crippen LogP contribution in [0.15, 0.2) is 29.2 Å². The van der Waals surface area contributed by atoms with Crippen LogP contribution in [0, 0.1) is 12.8 Å². The van der Waals surface area contributed by atoms with Gasteiger partial charge in [-0.15, -0.1) is 0 Å². The summed E-state index contributed by atoms with van der Waals surface area (Å²) < 4.78 is 53.6. The average molecular weight is 473 g/mol. The Hall–Kier alpha value is -0.813. The van der Waals surface area contributed by atoms with E-state index in [9.17, 15) is 8.42 Å². The average Bonchev–Trinajstić information content (AvgIpc) is 3.25. The molecule has 7 nitrogen and oxygen atoms in total. The fourth-order valence-corrected chi connectivity index (χ4v) is 5.95. The molecule has 1 aliphatic carbocycles. The Balaban J connectivity index is 1.47. The Morgan fingerprint density at radius 1 is 1.06 bits per heavy atom. The SMILES string of the molecule is Cc1ccc(S(=O)(=O)OCCOC[C@H]2C[C@H](O[Si](C)(C)C(C)(C)C)[C@@H]3OCO[C@H]23)cc1. The van der Waals surface area contributed by atoms with E-state index in [2.05, 4.69) is 33.9 Å². The van der Waals surface area contributed by atoms with Gasteiger partial charge in [0.2, 0.25) is 0 Å². The quantitative estimate of drug-likeness (QED) is 0.307. The molecule has 0 spiro atoms. The van der Waals surface area contributed by atoms with Crippen LogP contribution in [0.4, 0.5) is 0 Å². The Kier molecular flexibility index (Phi) is 7.67. The van der Waals surface area contributed by atoms with Crippen LogP contribution >= 0.6 is 0 Å². The number of benzene rings is 1. The van der Waals surface area contributed by atoms with Crippen LogP contribution in [0.3, 0.4) is 0 Å². The number of fused-ring (bicyclic) bond motifs is 1. The third kappa shape index (κ3) is 5.96. The van der Waals surface area contributed by atoms with Crippen molar-refractivity contribution in [3.05, 3.63) is 29.8 Å². The number of ether oxygens (including phenoxy) is 3. The summed E-state index contributed by atoms with van der Waals surface area (Å²) in [6, 6.07) is 6.58. The van der Waals surface area contributed by atoms with Crippen LogP contribution in [0.5, 0.6) is 0 Å². The van der Waals surface area contributed by atoms with Crippen molar-refractivity contribution in [3.8, 4) is 0 Å². The van der Waals surface area contributed by atoms with Crippen molar-refractivity contribution in [2.75, 3.05) is 26.6 Å². The Morgan fingerprint density at radius 3 is 2.35 bits per heavy atom. The predicted octanol–water partition coefficient (Wildman–Crippen LogP) is 3.87. The van der Waals surface area contributed by atoms with Gasteiger partial charge in [-0.2, -0.15) is 8.42 Å². The molecule has 1 aliphatic heterocycles. The first-order valence-electron chi connectivity index (χ1n) is 10.9. The molecule has 1 saturated carbocycles. The van der Waals surface area contributed by atoms with E-state index < -0.39 is 18.4 Å². The van der Waals surface area contributed by atoms with Gasteiger partial charge in [-0.05, 0) is 43.6 Å². The molecule has 1 saturated heterocycles. The highest BCUT2D eigenvalue weighted by Gasteiger charge is 2.52. The molecule has 2 aliphatic rings. The molecule has 1 aromatic rings. The van der Waals surface area contributed by atoms with Crippen LogP contribution < -0.4 is 0 Å². The van der Waals surface area contributed by atoms with Crippen molar-refractivity contribution >= 4 is 18.4 Å². The summed E-state index contributed by atoms with van der Waals surface area (Å²) in [7, 11) is -5.70. The molecule has 0 aromatic heterocycles. The van der Waals surface area contributed by atoms with Gasteiger partial charge in [-0.1, -0.05) is 38.5 Å². The molecule has 4 atom stereocenters. The Labute approximate surface area is 187 Å². The minimum Gasteiger partial charge on any atom is -0.411 e. The molecule has 31 heavy (non-hydrogen) atoms. The van der Waals surface area contributed by atoms with E-state index >= 15 is 0 Å². The summed E-state index contributed by atoms with van der Waals surface area (Å²) in [5.74, 6) is 0.149. The normalized spacial score (nSPS) is 26.9. The van der Waals surface area contributed by atoms with E-state index in [1.165, 1.54) is 0 Å². The number of hydrogen-bond donors (Lipinski definition) is 0. The van der Waals surface area contributed by atoms with Crippen molar-refractivity contribution in [2.45, 2.75) is 75.5 Å². The summed E-state index contributed by atoms with van der Waals surface area (Å²) in [4.78, 5) is 0.152. The van der Waals surface area contributed by atoms with Crippen LogP contribution in [-0.2, 0) is 32.9 Å². The van der Waals surface area contributed by atoms with Crippen LogP contribution in [0.2, 0.25) is 18.1 Å². The summed E-state index contributed by atoms with van der Waals surface area (Å²) in [5, 5.41) is 0.122. The van der Waals surface area contributed by atoms with E-state index in [-0.39, 0.29) is 54.2 Å². The molecule has 2 fully saturated rings. The topological polar surface area (TPSA) is 80.3 Å². The molecule has 0 unspecified atom stereocenters. The van der Waals surface area contributed by atoms with Crippen molar-refractivity contribution in [3.63, 3.8) is 0 Å². The van der Waals surface area contributed by atoms with Crippen molar-refractivity contribution in [2.24, 2.45) is 5.92 Å². The van der Waals surface area contributed by atoms with Gasteiger partial charge in [0.1, 0.15) is 12.9 Å². The zero-order chi connectivity index (χ0) is 22.9. The lowest BCUT2D eigenvalue weighted by atomic mass is 10.1. The first kappa shape index (κ1) is 24.8. The van der Waals surface area contributed by atoms with E-state index in [0.717, 1.165) is 12.0 Å². The second-order valence-electron chi connectivity index (χ2n) is 9.96. The zero-order valence-corrected chi connectivity index (χ0v) is 21.2. The third-order valence-corrected chi connectivity index (χ3v) is 12.4. The lowest BCUT2D eigenvalue weighted by Gasteiger charge is -2.39. The van der Waals surface area contributed by atoms with Gasteiger partial charge >= 0.3 is 0 Å². The van der Waals surface area contributed by atoms with Crippen LogP contribution in [0.25, 0.3) is 0 Å². The fourth-order valence-electron chi connectivity index (χ4n) is 3.72. The molecular formula is C22H36O7SSi. The van der Waals surface area contributed by atoms with Crippen molar-refractivity contribution in [1.82, 2.24) is 0 Å². The van der Waals surface area contributed by atoms with Gasteiger partial charge < -0.3 is 18.6 Å². The first-order valence-corrected chi connectivity index (χ1v) is 15.2. The number of hydrogen-bond acceptors (Lipinski definition) is 7. The van der Waals surface area contributed by atoms with E-state index in [1.54, 1.807) is 24.3 Å². The molecule has 0 radical (unpaired) electrons. The monoisotopic (exact) mass is 472 g/mol. The van der Waals surface area contributed by atoms with Gasteiger partial charge in [0, 0.05) is 5.92 Å². The molecule has 0 bridgehead atoms. The maximum absolute atomic E-state index is 12.2. The largest absolute Gasteiger partial charge is 0.411 e. The second kappa shape index (κ2) is 9.58. The highest BCUT2D eigenvalue weighted by Crippen LogP contribution is 2.43. The van der Waals surface area contributed by atoms with Gasteiger partial charge in [-0.3, -0.25) is 4.18 Å². The standard InChI is InChI=1S/C22H36O7SSi/c1-16-7-9-18(10-8-16)30(23,24)28-12-11-25-14-17-13-19(21-20(17)26-15-27-21)29-31(5,6)22(2,3)4/h7-10,17,19-21H,11-15H2,1-6H3/t17-,19+,20-,21+/m1/s1. The van der Waals surface area contributed by atoms with Crippen LogP contribution in [-0.4, -0.2) is 61.7 Å². The van der Waals surface area contributed by atoms with Gasteiger partial charge in [-0.25, -0.2) is 0 Å². The maximum Gasteiger partial charge on any atom is 0.297 e.